The molecular weight excluding hydrogens is 260 g/mol. The molecule has 0 spiro atoms. The number of carbonyl (C=O) groups excluding carboxylic acids is 1. The molecule has 98 valence electrons. The van der Waals surface area contributed by atoms with Crippen LogP contribution in [0.25, 0.3) is 10.9 Å². The molecule has 1 N–H and O–H groups in total. The van der Waals surface area contributed by atoms with Crippen LogP contribution in [0.4, 0.5) is 0 Å². The average molecular weight is 275 g/mol. The van der Waals surface area contributed by atoms with E-state index < -0.39 is 0 Å². The monoisotopic (exact) mass is 274 g/mol. The van der Waals surface area contributed by atoms with Gasteiger partial charge in [-0.15, -0.1) is 11.6 Å². The first-order valence-electron chi connectivity index (χ1n) is 6.46. The maximum absolute atomic E-state index is 12.3. The third-order valence-electron chi connectivity index (χ3n) is 3.81. The van der Waals surface area contributed by atoms with E-state index in [1.807, 2.05) is 30.3 Å². The number of rotatable bonds is 3. The topological polar surface area (TPSA) is 42.0 Å². The number of alkyl halides is 1. The zero-order chi connectivity index (χ0) is 13.3. The van der Waals surface area contributed by atoms with E-state index in [4.69, 9.17) is 11.6 Å². The Morgan fingerprint density at radius 1 is 1.37 bits per heavy atom. The lowest BCUT2D eigenvalue weighted by molar-refractivity contribution is 0.0854. The van der Waals surface area contributed by atoms with Crippen molar-refractivity contribution >= 4 is 28.4 Å². The zero-order valence-electron chi connectivity index (χ0n) is 10.5. The molecule has 19 heavy (non-hydrogen) atoms. The minimum atomic E-state index is -0.192. The Hall–Kier alpha value is -1.61. The largest absolute Gasteiger partial charge is 0.345 e. The van der Waals surface area contributed by atoms with E-state index in [1.54, 1.807) is 6.20 Å². The SMILES string of the molecule is O=C(NC1(CCl)CCC1)c1ccc2ncccc2c1. The van der Waals surface area contributed by atoms with Crippen LogP contribution >= 0.6 is 11.6 Å². The summed E-state index contributed by atoms with van der Waals surface area (Å²) in [4.78, 5) is 16.5. The van der Waals surface area contributed by atoms with E-state index in [2.05, 4.69) is 10.3 Å². The maximum Gasteiger partial charge on any atom is 0.251 e. The number of hydrogen-bond donors (Lipinski definition) is 1. The molecule has 3 rings (SSSR count). The van der Waals surface area contributed by atoms with Crippen LogP contribution in [0.15, 0.2) is 36.5 Å². The van der Waals surface area contributed by atoms with Gasteiger partial charge in [0.15, 0.2) is 0 Å². The number of hydrogen-bond acceptors (Lipinski definition) is 2. The quantitative estimate of drug-likeness (QED) is 0.874. The molecule has 1 amide bonds. The molecule has 1 aromatic heterocycles. The highest BCUT2D eigenvalue weighted by molar-refractivity contribution is 6.19. The van der Waals surface area contributed by atoms with E-state index in [0.29, 0.717) is 11.4 Å². The van der Waals surface area contributed by atoms with Gasteiger partial charge in [-0.25, -0.2) is 0 Å². The van der Waals surface area contributed by atoms with E-state index in [0.717, 1.165) is 30.2 Å². The maximum atomic E-state index is 12.3. The van der Waals surface area contributed by atoms with Crippen LogP contribution in [0.1, 0.15) is 29.6 Å². The van der Waals surface area contributed by atoms with E-state index >= 15 is 0 Å². The fraction of sp³-hybridized carbons (Fsp3) is 0.333. The van der Waals surface area contributed by atoms with Crippen LogP contribution in [-0.4, -0.2) is 22.3 Å². The lowest BCUT2D eigenvalue weighted by Crippen LogP contribution is -2.55. The Bertz CT molecular complexity index is 617. The molecule has 1 fully saturated rings. The van der Waals surface area contributed by atoms with Gasteiger partial charge in [0.25, 0.3) is 5.91 Å². The molecule has 0 radical (unpaired) electrons. The molecule has 0 unspecified atom stereocenters. The average Bonchev–Trinajstić information content (AvgIpc) is 2.42. The fourth-order valence-electron chi connectivity index (χ4n) is 2.43. The van der Waals surface area contributed by atoms with Crippen LogP contribution in [0.3, 0.4) is 0 Å². The molecule has 0 saturated heterocycles. The van der Waals surface area contributed by atoms with Gasteiger partial charge in [-0.05, 0) is 43.5 Å². The highest BCUT2D eigenvalue weighted by Gasteiger charge is 2.37. The van der Waals surface area contributed by atoms with E-state index in [-0.39, 0.29) is 11.4 Å². The van der Waals surface area contributed by atoms with Gasteiger partial charge >= 0.3 is 0 Å². The first kappa shape index (κ1) is 12.4. The van der Waals surface area contributed by atoms with Crippen LogP contribution < -0.4 is 5.32 Å². The highest BCUT2D eigenvalue weighted by atomic mass is 35.5. The van der Waals surface area contributed by atoms with Crippen molar-refractivity contribution in [1.82, 2.24) is 10.3 Å². The normalized spacial score (nSPS) is 16.9. The van der Waals surface area contributed by atoms with Gasteiger partial charge in [-0.1, -0.05) is 6.07 Å². The van der Waals surface area contributed by atoms with Crippen molar-refractivity contribution in [2.75, 3.05) is 5.88 Å². The lowest BCUT2D eigenvalue weighted by atomic mass is 9.78. The molecule has 2 aromatic rings. The predicted molar refractivity (Wildman–Crippen MR) is 76.5 cm³/mol. The first-order valence-corrected chi connectivity index (χ1v) is 6.99. The van der Waals surface area contributed by atoms with Gasteiger partial charge in [0.2, 0.25) is 0 Å². The smallest absolute Gasteiger partial charge is 0.251 e. The molecule has 1 aromatic carbocycles. The molecule has 1 aliphatic rings. The standard InChI is InChI=1S/C15H15ClN2O/c16-10-15(6-2-7-15)18-14(19)12-4-5-13-11(9-12)3-1-8-17-13/h1,3-5,8-9H,2,6-7,10H2,(H,18,19). The van der Waals surface area contributed by atoms with Gasteiger partial charge < -0.3 is 5.32 Å². The second-order valence-corrected chi connectivity index (χ2v) is 5.40. The Morgan fingerprint density at radius 3 is 2.89 bits per heavy atom. The minimum Gasteiger partial charge on any atom is -0.345 e. The van der Waals surface area contributed by atoms with Crippen molar-refractivity contribution in [3.8, 4) is 0 Å². The summed E-state index contributed by atoms with van der Waals surface area (Å²) in [5, 5.41) is 4.04. The Kier molecular flexibility index (Phi) is 3.15. The molecule has 0 atom stereocenters. The second kappa shape index (κ2) is 4.82. The Balaban J connectivity index is 1.85. The number of fused-ring (bicyclic) bond motifs is 1. The predicted octanol–water partition coefficient (Wildman–Crippen LogP) is 3.13. The second-order valence-electron chi connectivity index (χ2n) is 5.13. The number of pyridine rings is 1. The van der Waals surface area contributed by atoms with Crippen molar-refractivity contribution < 1.29 is 4.79 Å². The van der Waals surface area contributed by atoms with Gasteiger partial charge in [0, 0.05) is 23.0 Å². The molecule has 0 aliphatic heterocycles. The highest BCUT2D eigenvalue weighted by Crippen LogP contribution is 2.33. The first-order chi connectivity index (χ1) is 9.22. The Labute approximate surface area is 117 Å². The summed E-state index contributed by atoms with van der Waals surface area (Å²) in [6.45, 7) is 0. The Morgan fingerprint density at radius 2 is 2.21 bits per heavy atom. The van der Waals surface area contributed by atoms with Crippen LogP contribution in [0.2, 0.25) is 0 Å². The van der Waals surface area contributed by atoms with E-state index in [9.17, 15) is 4.79 Å². The zero-order valence-corrected chi connectivity index (χ0v) is 11.3. The fourth-order valence-corrected chi connectivity index (χ4v) is 2.76. The van der Waals surface area contributed by atoms with Crippen LogP contribution in [-0.2, 0) is 0 Å². The molecule has 1 saturated carbocycles. The summed E-state index contributed by atoms with van der Waals surface area (Å²) in [7, 11) is 0. The number of nitrogens with zero attached hydrogens (tertiary/aromatic N) is 1. The number of benzene rings is 1. The molecule has 3 nitrogen and oxygen atoms in total. The molecule has 1 aliphatic carbocycles. The number of nitrogens with one attached hydrogen (secondary N) is 1. The van der Waals surface area contributed by atoms with Crippen LogP contribution in [0.5, 0.6) is 0 Å². The van der Waals surface area contributed by atoms with Crippen molar-refractivity contribution in [3.63, 3.8) is 0 Å². The number of halogens is 1. The summed E-state index contributed by atoms with van der Waals surface area (Å²) < 4.78 is 0. The van der Waals surface area contributed by atoms with Crippen molar-refractivity contribution in [1.29, 1.82) is 0 Å². The minimum absolute atomic E-state index is 0.0499. The molecular formula is C15H15ClN2O. The lowest BCUT2D eigenvalue weighted by Gasteiger charge is -2.41. The molecule has 4 heteroatoms. The van der Waals surface area contributed by atoms with Gasteiger partial charge in [-0.2, -0.15) is 0 Å². The van der Waals surface area contributed by atoms with Crippen LogP contribution in [0, 0.1) is 0 Å². The summed E-state index contributed by atoms with van der Waals surface area (Å²) in [6.07, 6.45) is 4.82. The third-order valence-corrected chi connectivity index (χ3v) is 4.32. The molecule has 1 heterocycles. The number of amides is 1. The van der Waals surface area contributed by atoms with Gasteiger partial charge in [0.05, 0.1) is 11.1 Å². The number of carbonyl (C=O) groups is 1. The molecule has 0 bridgehead atoms. The van der Waals surface area contributed by atoms with Crippen molar-refractivity contribution in [2.24, 2.45) is 0 Å². The summed E-state index contributed by atoms with van der Waals surface area (Å²) in [5.41, 5.74) is 1.37. The van der Waals surface area contributed by atoms with Gasteiger partial charge in [-0.3, -0.25) is 9.78 Å². The number of aromatic nitrogens is 1. The summed E-state index contributed by atoms with van der Waals surface area (Å²) >= 11 is 5.96. The van der Waals surface area contributed by atoms with Crippen molar-refractivity contribution in [3.05, 3.63) is 42.1 Å². The van der Waals surface area contributed by atoms with E-state index in [1.165, 1.54) is 0 Å². The third kappa shape index (κ3) is 2.30. The van der Waals surface area contributed by atoms with Gasteiger partial charge in [0.1, 0.15) is 0 Å². The summed E-state index contributed by atoms with van der Waals surface area (Å²) in [5.74, 6) is 0.430. The van der Waals surface area contributed by atoms with Crippen molar-refractivity contribution in [2.45, 2.75) is 24.8 Å². The summed E-state index contributed by atoms with van der Waals surface area (Å²) in [6, 6.07) is 9.39.